The molecule has 3 nitrogen and oxygen atoms in total. The number of fused-ring (bicyclic) bond motifs is 1. The Kier molecular flexibility index (Phi) is 3.50. The van der Waals surface area contributed by atoms with Crippen LogP contribution in [0.4, 0.5) is 4.39 Å². The van der Waals surface area contributed by atoms with E-state index in [2.05, 4.69) is 5.43 Å². The summed E-state index contributed by atoms with van der Waals surface area (Å²) in [4.78, 5) is 0. The summed E-state index contributed by atoms with van der Waals surface area (Å²) in [6.07, 6.45) is 0.434. The van der Waals surface area contributed by atoms with Crippen LogP contribution in [0.3, 0.4) is 0 Å². The van der Waals surface area contributed by atoms with Gasteiger partial charge in [-0.05, 0) is 30.2 Å². The Morgan fingerprint density at radius 1 is 1.10 bits per heavy atom. The van der Waals surface area contributed by atoms with Gasteiger partial charge in [0.15, 0.2) is 0 Å². The first-order valence-electron chi connectivity index (χ1n) is 6.46. The molecule has 1 heterocycles. The van der Waals surface area contributed by atoms with Gasteiger partial charge in [0.1, 0.15) is 17.2 Å². The zero-order valence-corrected chi connectivity index (χ0v) is 10.8. The van der Waals surface area contributed by atoms with Crippen LogP contribution >= 0.6 is 0 Å². The monoisotopic (exact) mass is 270 g/mol. The van der Waals surface area contributed by atoms with Crippen LogP contribution in [-0.4, -0.2) is 0 Å². The van der Waals surface area contributed by atoms with E-state index in [1.54, 1.807) is 12.1 Å². The predicted molar refractivity (Wildman–Crippen MR) is 76.4 cm³/mol. The van der Waals surface area contributed by atoms with Gasteiger partial charge in [0.2, 0.25) is 0 Å². The van der Waals surface area contributed by atoms with E-state index in [0.29, 0.717) is 17.7 Å². The lowest BCUT2D eigenvalue weighted by molar-refractivity contribution is 0.429. The zero-order chi connectivity index (χ0) is 13.9. The van der Waals surface area contributed by atoms with E-state index in [0.717, 1.165) is 11.0 Å². The highest BCUT2D eigenvalue weighted by Gasteiger charge is 2.17. The Morgan fingerprint density at radius 3 is 2.60 bits per heavy atom. The number of nitrogens with one attached hydrogen (secondary N) is 1. The molecule has 4 heteroatoms. The zero-order valence-electron chi connectivity index (χ0n) is 10.8. The average Bonchev–Trinajstić information content (AvgIpc) is 2.90. The van der Waals surface area contributed by atoms with Crippen LogP contribution in [0.5, 0.6) is 0 Å². The second-order valence-electron chi connectivity index (χ2n) is 4.70. The molecule has 0 fully saturated rings. The first kappa shape index (κ1) is 12.8. The Hall–Kier alpha value is -2.17. The third-order valence-electron chi connectivity index (χ3n) is 3.37. The molecular formula is C16H15FN2O. The maximum Gasteiger partial charge on any atom is 0.134 e. The van der Waals surface area contributed by atoms with Gasteiger partial charge in [-0.25, -0.2) is 9.82 Å². The molecule has 0 saturated carbocycles. The van der Waals surface area contributed by atoms with Gasteiger partial charge in [-0.15, -0.1) is 0 Å². The molecule has 0 radical (unpaired) electrons. The fourth-order valence-electron chi connectivity index (χ4n) is 2.30. The summed E-state index contributed by atoms with van der Waals surface area (Å²) < 4.78 is 19.5. The molecule has 2 aromatic carbocycles. The third-order valence-corrected chi connectivity index (χ3v) is 3.37. The van der Waals surface area contributed by atoms with Crippen molar-refractivity contribution < 1.29 is 8.81 Å². The summed E-state index contributed by atoms with van der Waals surface area (Å²) in [7, 11) is 0. The SMILES string of the molecule is NNC(Cc1ccccc1F)c1cc2ccccc2o1. The molecule has 1 atom stereocenters. The number of nitrogens with two attached hydrogens (primary N) is 1. The van der Waals surface area contributed by atoms with E-state index in [-0.39, 0.29) is 11.9 Å². The molecule has 0 saturated heterocycles. The standard InChI is InChI=1S/C16H15FN2O/c17-13-7-3-1-5-11(13)9-14(19-18)16-10-12-6-2-4-8-15(12)20-16/h1-8,10,14,19H,9,18H2. The summed E-state index contributed by atoms with van der Waals surface area (Å²) in [5.41, 5.74) is 4.10. The summed E-state index contributed by atoms with van der Waals surface area (Å²) >= 11 is 0. The molecule has 3 N–H and O–H groups in total. The lowest BCUT2D eigenvalue weighted by atomic mass is 10.0. The van der Waals surface area contributed by atoms with Gasteiger partial charge < -0.3 is 4.42 Å². The van der Waals surface area contributed by atoms with Gasteiger partial charge >= 0.3 is 0 Å². The van der Waals surface area contributed by atoms with E-state index in [1.807, 2.05) is 36.4 Å². The summed E-state index contributed by atoms with van der Waals surface area (Å²) in [5.74, 6) is 6.07. The molecule has 0 aliphatic rings. The number of hydrogen-bond acceptors (Lipinski definition) is 3. The van der Waals surface area contributed by atoms with Crippen LogP contribution < -0.4 is 11.3 Å². The minimum absolute atomic E-state index is 0.233. The lowest BCUT2D eigenvalue weighted by Crippen LogP contribution is -2.29. The highest BCUT2D eigenvalue weighted by Crippen LogP contribution is 2.26. The van der Waals surface area contributed by atoms with Crippen LogP contribution in [0.2, 0.25) is 0 Å². The van der Waals surface area contributed by atoms with Crippen molar-refractivity contribution in [1.29, 1.82) is 0 Å². The molecule has 102 valence electrons. The average molecular weight is 270 g/mol. The molecule has 1 unspecified atom stereocenters. The minimum Gasteiger partial charge on any atom is -0.459 e. The van der Waals surface area contributed by atoms with Crippen molar-refractivity contribution in [2.45, 2.75) is 12.5 Å². The van der Waals surface area contributed by atoms with Crippen molar-refractivity contribution in [1.82, 2.24) is 5.43 Å². The second-order valence-corrected chi connectivity index (χ2v) is 4.70. The van der Waals surface area contributed by atoms with Gasteiger partial charge in [0.25, 0.3) is 0 Å². The maximum atomic E-state index is 13.7. The fraction of sp³-hybridized carbons (Fsp3) is 0.125. The van der Waals surface area contributed by atoms with E-state index < -0.39 is 0 Å². The summed E-state index contributed by atoms with van der Waals surface area (Å²) in [6.45, 7) is 0. The molecule has 0 aliphatic carbocycles. The highest BCUT2D eigenvalue weighted by molar-refractivity contribution is 5.77. The van der Waals surface area contributed by atoms with Gasteiger partial charge in [-0.3, -0.25) is 5.84 Å². The first-order chi connectivity index (χ1) is 9.78. The minimum atomic E-state index is -0.265. The Labute approximate surface area is 116 Å². The maximum absolute atomic E-state index is 13.7. The number of para-hydroxylation sites is 1. The first-order valence-corrected chi connectivity index (χ1v) is 6.46. The van der Waals surface area contributed by atoms with E-state index in [1.165, 1.54) is 6.07 Å². The van der Waals surface area contributed by atoms with Crippen molar-refractivity contribution >= 4 is 11.0 Å². The Bertz CT molecular complexity index is 690. The van der Waals surface area contributed by atoms with Gasteiger partial charge in [0.05, 0.1) is 6.04 Å². The van der Waals surface area contributed by atoms with Gasteiger partial charge in [-0.1, -0.05) is 36.4 Å². The van der Waals surface area contributed by atoms with E-state index in [9.17, 15) is 4.39 Å². The van der Waals surface area contributed by atoms with Crippen LogP contribution in [0.25, 0.3) is 11.0 Å². The quantitative estimate of drug-likeness (QED) is 0.565. The number of rotatable bonds is 4. The van der Waals surface area contributed by atoms with Crippen LogP contribution in [-0.2, 0) is 6.42 Å². The number of benzene rings is 2. The topological polar surface area (TPSA) is 51.2 Å². The van der Waals surface area contributed by atoms with Crippen molar-refractivity contribution in [3.8, 4) is 0 Å². The molecule has 3 aromatic rings. The molecule has 3 rings (SSSR count). The summed E-state index contributed by atoms with van der Waals surface area (Å²) in [6, 6.07) is 16.1. The Morgan fingerprint density at radius 2 is 1.85 bits per heavy atom. The number of hydrogen-bond donors (Lipinski definition) is 2. The van der Waals surface area contributed by atoms with Crippen LogP contribution in [0.15, 0.2) is 59.0 Å². The van der Waals surface area contributed by atoms with Gasteiger partial charge in [-0.2, -0.15) is 0 Å². The number of hydrazine groups is 1. The van der Waals surface area contributed by atoms with Crippen molar-refractivity contribution in [2.75, 3.05) is 0 Å². The molecule has 1 aromatic heterocycles. The molecule has 0 bridgehead atoms. The Balaban J connectivity index is 1.91. The van der Waals surface area contributed by atoms with Crippen LogP contribution in [0, 0.1) is 5.82 Å². The molecule has 20 heavy (non-hydrogen) atoms. The van der Waals surface area contributed by atoms with Crippen molar-refractivity contribution in [3.63, 3.8) is 0 Å². The third kappa shape index (κ3) is 2.43. The molecule has 0 spiro atoms. The normalized spacial score (nSPS) is 12.7. The van der Waals surface area contributed by atoms with Crippen molar-refractivity contribution in [3.05, 3.63) is 71.7 Å². The highest BCUT2D eigenvalue weighted by atomic mass is 19.1. The fourth-order valence-corrected chi connectivity index (χ4v) is 2.30. The largest absolute Gasteiger partial charge is 0.459 e. The van der Waals surface area contributed by atoms with Crippen LogP contribution in [0.1, 0.15) is 17.4 Å². The lowest BCUT2D eigenvalue weighted by Gasteiger charge is -2.13. The van der Waals surface area contributed by atoms with E-state index in [4.69, 9.17) is 10.3 Å². The smallest absolute Gasteiger partial charge is 0.134 e. The molecule has 0 amide bonds. The van der Waals surface area contributed by atoms with Crippen molar-refractivity contribution in [2.24, 2.45) is 5.84 Å². The second kappa shape index (κ2) is 5.45. The molecule has 0 aliphatic heterocycles. The number of furan rings is 1. The number of halogens is 1. The molecular weight excluding hydrogens is 255 g/mol. The summed E-state index contributed by atoms with van der Waals surface area (Å²) in [5, 5.41) is 1.01. The van der Waals surface area contributed by atoms with Gasteiger partial charge in [0, 0.05) is 5.39 Å². The van der Waals surface area contributed by atoms with E-state index >= 15 is 0 Å². The predicted octanol–water partition coefficient (Wildman–Crippen LogP) is 3.32.